The fourth-order valence-electron chi connectivity index (χ4n) is 2.62. The van der Waals surface area contributed by atoms with E-state index in [-0.39, 0.29) is 17.0 Å². The molecule has 1 aliphatic rings. The second-order valence-electron chi connectivity index (χ2n) is 6.70. The smallest absolute Gasteiger partial charge is 0.127 e. The first-order valence-corrected chi connectivity index (χ1v) is 7.26. The average molecular weight is 282 g/mol. The molecule has 1 aromatic rings. The molecule has 0 aromatic heterocycles. The van der Waals surface area contributed by atoms with Gasteiger partial charge in [-0.05, 0) is 43.1 Å². The first-order valence-electron chi connectivity index (χ1n) is 7.26. The molecule has 1 N–H and O–H groups in total. The molecule has 1 aliphatic heterocycles. The molecule has 0 bridgehead atoms. The van der Waals surface area contributed by atoms with Crippen LogP contribution < -0.4 is 5.32 Å². The number of nitrogens with one attached hydrogen (secondary N) is 1. The Morgan fingerprint density at radius 3 is 2.75 bits per heavy atom. The Morgan fingerprint density at radius 2 is 2.05 bits per heavy atom. The van der Waals surface area contributed by atoms with Gasteiger partial charge in [-0.3, -0.25) is 4.90 Å². The van der Waals surface area contributed by atoms with E-state index in [1.807, 2.05) is 0 Å². The summed E-state index contributed by atoms with van der Waals surface area (Å²) in [6, 6.07) is 4.05. The first kappa shape index (κ1) is 15.4. The van der Waals surface area contributed by atoms with Crippen molar-refractivity contribution in [2.75, 3.05) is 19.6 Å². The monoisotopic (exact) mass is 282 g/mol. The van der Waals surface area contributed by atoms with Gasteiger partial charge in [-0.15, -0.1) is 0 Å². The van der Waals surface area contributed by atoms with Gasteiger partial charge in [0.05, 0.1) is 0 Å². The topological polar surface area (TPSA) is 15.3 Å². The molecule has 2 rings (SSSR count). The minimum atomic E-state index is -0.373. The van der Waals surface area contributed by atoms with E-state index in [0.29, 0.717) is 18.2 Å². The summed E-state index contributed by atoms with van der Waals surface area (Å²) in [5.41, 5.74) is 0.600. The van der Waals surface area contributed by atoms with Crippen LogP contribution >= 0.6 is 0 Å². The van der Waals surface area contributed by atoms with Crippen molar-refractivity contribution >= 4 is 0 Å². The standard InChI is InChI=1S/C16H24F2N2/c1-16(2,3)15-11-20(8-4-7-19-15)10-12-9-13(17)5-6-14(12)18/h5-6,9,15,19H,4,7-8,10-11H2,1-3H3. The molecule has 1 unspecified atom stereocenters. The molecule has 112 valence electrons. The highest BCUT2D eigenvalue weighted by Gasteiger charge is 2.28. The van der Waals surface area contributed by atoms with Crippen LogP contribution in [0.1, 0.15) is 32.8 Å². The lowest BCUT2D eigenvalue weighted by Gasteiger charge is -2.33. The number of halogens is 2. The summed E-state index contributed by atoms with van der Waals surface area (Å²) in [6.07, 6.45) is 1.03. The van der Waals surface area contributed by atoms with Crippen LogP contribution in [-0.2, 0) is 6.54 Å². The highest BCUT2D eigenvalue weighted by atomic mass is 19.1. The Labute approximate surface area is 120 Å². The van der Waals surface area contributed by atoms with Crippen molar-refractivity contribution in [3.05, 3.63) is 35.4 Å². The zero-order valence-electron chi connectivity index (χ0n) is 12.5. The van der Waals surface area contributed by atoms with E-state index in [2.05, 4.69) is 31.0 Å². The van der Waals surface area contributed by atoms with Crippen LogP contribution in [0, 0.1) is 17.0 Å². The molecule has 0 aliphatic carbocycles. The van der Waals surface area contributed by atoms with Crippen molar-refractivity contribution in [2.45, 2.75) is 39.8 Å². The molecule has 1 fully saturated rings. The van der Waals surface area contributed by atoms with E-state index < -0.39 is 0 Å². The van der Waals surface area contributed by atoms with E-state index in [1.165, 1.54) is 18.2 Å². The molecular weight excluding hydrogens is 258 g/mol. The van der Waals surface area contributed by atoms with Crippen LogP contribution in [0.5, 0.6) is 0 Å². The molecule has 0 spiro atoms. The first-order chi connectivity index (χ1) is 9.36. The summed E-state index contributed by atoms with van der Waals surface area (Å²) in [5.74, 6) is -0.697. The molecule has 20 heavy (non-hydrogen) atoms. The van der Waals surface area contributed by atoms with Crippen LogP contribution in [0.15, 0.2) is 18.2 Å². The molecular formula is C16H24F2N2. The Balaban J connectivity index is 2.09. The van der Waals surface area contributed by atoms with Gasteiger partial charge in [0.25, 0.3) is 0 Å². The van der Waals surface area contributed by atoms with Gasteiger partial charge in [0.15, 0.2) is 0 Å². The summed E-state index contributed by atoms with van der Waals surface area (Å²) < 4.78 is 27.0. The van der Waals surface area contributed by atoms with Gasteiger partial charge in [0, 0.05) is 24.7 Å². The highest BCUT2D eigenvalue weighted by molar-refractivity contribution is 5.18. The maximum atomic E-state index is 13.7. The van der Waals surface area contributed by atoms with Gasteiger partial charge >= 0.3 is 0 Å². The van der Waals surface area contributed by atoms with Crippen LogP contribution in [0.2, 0.25) is 0 Å². The van der Waals surface area contributed by atoms with Gasteiger partial charge in [0.1, 0.15) is 11.6 Å². The fourth-order valence-corrected chi connectivity index (χ4v) is 2.62. The molecule has 1 saturated heterocycles. The molecule has 0 amide bonds. The lowest BCUT2D eigenvalue weighted by atomic mass is 9.86. The third-order valence-corrected chi connectivity index (χ3v) is 3.93. The SMILES string of the molecule is CC(C)(C)C1CN(Cc2cc(F)ccc2F)CCCN1. The Kier molecular flexibility index (Phi) is 4.76. The summed E-state index contributed by atoms with van der Waals surface area (Å²) in [6.45, 7) is 9.84. The lowest BCUT2D eigenvalue weighted by molar-refractivity contribution is 0.190. The molecule has 0 radical (unpaired) electrons. The zero-order valence-corrected chi connectivity index (χ0v) is 12.5. The quantitative estimate of drug-likeness (QED) is 0.896. The summed E-state index contributed by atoms with van der Waals surface area (Å²) >= 11 is 0. The predicted octanol–water partition coefficient (Wildman–Crippen LogP) is 3.17. The molecule has 1 heterocycles. The van der Waals surface area contributed by atoms with Gasteiger partial charge in [-0.25, -0.2) is 8.78 Å². The van der Waals surface area contributed by atoms with Crippen molar-refractivity contribution in [3.63, 3.8) is 0 Å². The van der Waals surface area contributed by atoms with Gasteiger partial charge < -0.3 is 5.32 Å². The molecule has 4 heteroatoms. The van der Waals surface area contributed by atoms with E-state index in [4.69, 9.17) is 0 Å². The van der Waals surface area contributed by atoms with Crippen LogP contribution in [-0.4, -0.2) is 30.6 Å². The third-order valence-electron chi connectivity index (χ3n) is 3.93. The number of hydrogen-bond acceptors (Lipinski definition) is 2. The number of nitrogens with zero attached hydrogens (tertiary/aromatic N) is 1. The summed E-state index contributed by atoms with van der Waals surface area (Å²) in [5, 5.41) is 3.55. The second-order valence-corrected chi connectivity index (χ2v) is 6.70. The number of hydrogen-bond donors (Lipinski definition) is 1. The van der Waals surface area contributed by atoms with Crippen LogP contribution in [0.3, 0.4) is 0 Å². The minimum absolute atomic E-state index is 0.156. The predicted molar refractivity (Wildman–Crippen MR) is 77.5 cm³/mol. The summed E-state index contributed by atoms with van der Waals surface area (Å²) in [7, 11) is 0. The molecule has 1 atom stereocenters. The van der Waals surface area contributed by atoms with Gasteiger partial charge in [0.2, 0.25) is 0 Å². The van der Waals surface area contributed by atoms with Crippen molar-refractivity contribution in [3.8, 4) is 0 Å². The van der Waals surface area contributed by atoms with E-state index >= 15 is 0 Å². The number of benzene rings is 1. The summed E-state index contributed by atoms with van der Waals surface area (Å²) in [4.78, 5) is 2.22. The van der Waals surface area contributed by atoms with Crippen LogP contribution in [0.4, 0.5) is 8.78 Å². The third kappa shape index (κ3) is 4.00. The maximum Gasteiger partial charge on any atom is 0.127 e. The lowest BCUT2D eigenvalue weighted by Crippen LogP contribution is -2.46. The Bertz CT molecular complexity index is 454. The van der Waals surface area contributed by atoms with Crippen LogP contribution in [0.25, 0.3) is 0 Å². The average Bonchev–Trinajstić information content (AvgIpc) is 2.59. The number of rotatable bonds is 2. The zero-order chi connectivity index (χ0) is 14.8. The van der Waals surface area contributed by atoms with Crippen molar-refractivity contribution in [2.24, 2.45) is 5.41 Å². The highest BCUT2D eigenvalue weighted by Crippen LogP contribution is 2.23. The molecule has 1 aromatic carbocycles. The Hall–Kier alpha value is -1.00. The Morgan fingerprint density at radius 1 is 1.30 bits per heavy atom. The van der Waals surface area contributed by atoms with E-state index in [9.17, 15) is 8.78 Å². The molecule has 2 nitrogen and oxygen atoms in total. The second kappa shape index (κ2) is 6.19. The van der Waals surface area contributed by atoms with Gasteiger partial charge in [-0.1, -0.05) is 20.8 Å². The van der Waals surface area contributed by atoms with Gasteiger partial charge in [-0.2, -0.15) is 0 Å². The van der Waals surface area contributed by atoms with Crippen molar-refractivity contribution in [1.82, 2.24) is 10.2 Å². The minimum Gasteiger partial charge on any atom is -0.312 e. The van der Waals surface area contributed by atoms with E-state index in [0.717, 1.165) is 26.1 Å². The van der Waals surface area contributed by atoms with Crippen molar-refractivity contribution < 1.29 is 8.78 Å². The normalized spacial score (nSPS) is 21.8. The molecule has 0 saturated carbocycles. The van der Waals surface area contributed by atoms with Crippen molar-refractivity contribution in [1.29, 1.82) is 0 Å². The fraction of sp³-hybridized carbons (Fsp3) is 0.625. The van der Waals surface area contributed by atoms with E-state index in [1.54, 1.807) is 0 Å². The maximum absolute atomic E-state index is 13.7. The largest absolute Gasteiger partial charge is 0.312 e.